The fourth-order valence-electron chi connectivity index (χ4n) is 3.71. The summed E-state index contributed by atoms with van der Waals surface area (Å²) in [6.45, 7) is 0. The van der Waals surface area contributed by atoms with Crippen molar-refractivity contribution in [3.8, 4) is 5.75 Å². The number of imidazole rings is 1. The number of esters is 2. The number of benzene rings is 3. The highest BCUT2D eigenvalue weighted by Crippen LogP contribution is 2.33. The maximum atomic E-state index is 12.4. The van der Waals surface area contributed by atoms with E-state index in [0.29, 0.717) is 32.4 Å². The number of ether oxygens (including phenoxy) is 3. The molecule has 3 aromatic carbocycles. The minimum Gasteiger partial charge on any atom is -0.465 e. The van der Waals surface area contributed by atoms with Crippen LogP contribution in [0.2, 0.25) is 5.02 Å². The molecule has 5 aromatic rings. The molecule has 1 N–H and O–H groups in total. The molecule has 5 rings (SSSR count). The lowest BCUT2D eigenvalue weighted by Crippen LogP contribution is -2.16. The monoisotopic (exact) mass is 637 g/mol. The third-order valence-electron chi connectivity index (χ3n) is 5.68. The van der Waals surface area contributed by atoms with E-state index in [1.54, 1.807) is 29.8 Å². The Bertz CT molecular complexity index is 1860. The zero-order valence-electron chi connectivity index (χ0n) is 22.3. The van der Waals surface area contributed by atoms with Crippen LogP contribution in [0.1, 0.15) is 20.7 Å². The van der Waals surface area contributed by atoms with Gasteiger partial charge >= 0.3 is 18.3 Å². The Morgan fingerprint density at radius 2 is 1.63 bits per heavy atom. The summed E-state index contributed by atoms with van der Waals surface area (Å²) in [6.07, 6.45) is -4.76. The Hall–Kier alpha value is -4.96. The van der Waals surface area contributed by atoms with Crippen LogP contribution in [0.4, 0.5) is 29.9 Å². The van der Waals surface area contributed by atoms with Crippen LogP contribution in [0.15, 0.2) is 54.6 Å². The highest BCUT2D eigenvalue weighted by Gasteiger charge is 2.31. The highest BCUT2D eigenvalue weighted by molar-refractivity contribution is 7.22. The maximum absolute atomic E-state index is 12.4. The van der Waals surface area contributed by atoms with E-state index in [-0.39, 0.29) is 22.0 Å². The predicted molar refractivity (Wildman–Crippen MR) is 151 cm³/mol. The summed E-state index contributed by atoms with van der Waals surface area (Å²) in [5.74, 6) is -0.965. The molecule has 0 saturated heterocycles. The van der Waals surface area contributed by atoms with E-state index in [0.717, 1.165) is 11.6 Å². The van der Waals surface area contributed by atoms with E-state index >= 15 is 0 Å². The SMILES string of the molecule is COC(=O)c1ccc(Cl)c([N+](=O)[O-])c1.COC(=O)c1ccc2c(c1)nc(Nc1nc3cc(OC(F)(F)F)ccc3s1)n2C. The van der Waals surface area contributed by atoms with Crippen LogP contribution in [0, 0.1) is 10.1 Å². The number of aryl methyl sites for hydroxylation is 1. The van der Waals surface area contributed by atoms with Crippen molar-refractivity contribution in [3.63, 3.8) is 0 Å². The number of methoxy groups -OCH3 is 2. The third-order valence-corrected chi connectivity index (χ3v) is 6.95. The van der Waals surface area contributed by atoms with Crippen molar-refractivity contribution in [2.24, 2.45) is 7.05 Å². The van der Waals surface area contributed by atoms with E-state index in [4.69, 9.17) is 16.3 Å². The van der Waals surface area contributed by atoms with Crippen molar-refractivity contribution in [2.75, 3.05) is 19.5 Å². The standard InChI is InChI=1S/C18H13F3N4O3S.C8H6ClNO4/c1-25-13-5-3-9(15(26)27-2)7-11(13)22-16(25)24-17-23-12-8-10(28-18(19,20)21)4-6-14(12)29-17;1-14-8(11)5-2-3-6(9)7(4-5)10(12)13/h3-8H,1-2H3,(H,22,23,24);2-4H,1H3. The minimum absolute atomic E-state index is 0.0114. The lowest BCUT2D eigenvalue weighted by atomic mass is 10.2. The summed E-state index contributed by atoms with van der Waals surface area (Å²) in [5, 5.41) is 14.0. The lowest BCUT2D eigenvalue weighted by molar-refractivity contribution is -0.384. The molecule has 17 heteroatoms. The number of fused-ring (bicyclic) bond motifs is 2. The number of carbonyl (C=O) groups excluding carboxylic acids is 2. The number of nitrogens with one attached hydrogen (secondary N) is 1. The van der Waals surface area contributed by atoms with E-state index in [9.17, 15) is 32.9 Å². The van der Waals surface area contributed by atoms with Crippen molar-refractivity contribution in [1.82, 2.24) is 14.5 Å². The first-order valence-electron chi connectivity index (χ1n) is 11.8. The molecule has 0 atom stereocenters. The molecule has 12 nitrogen and oxygen atoms in total. The summed E-state index contributed by atoms with van der Waals surface area (Å²) >= 11 is 6.81. The Kier molecular flexibility index (Phi) is 9.01. The second-order valence-electron chi connectivity index (χ2n) is 8.43. The zero-order chi connectivity index (χ0) is 31.5. The number of rotatable bonds is 6. The van der Waals surface area contributed by atoms with Crippen LogP contribution < -0.4 is 10.1 Å². The van der Waals surface area contributed by atoms with Gasteiger partial charge in [0.25, 0.3) is 5.69 Å². The predicted octanol–water partition coefficient (Wildman–Crippen LogP) is 6.65. The molecule has 0 unspecified atom stereocenters. The van der Waals surface area contributed by atoms with Crippen LogP contribution in [-0.4, -0.2) is 52.0 Å². The van der Waals surface area contributed by atoms with Gasteiger partial charge in [-0.1, -0.05) is 22.9 Å². The van der Waals surface area contributed by atoms with Gasteiger partial charge in [-0.2, -0.15) is 0 Å². The molecule has 0 bridgehead atoms. The Labute approximate surface area is 248 Å². The van der Waals surface area contributed by atoms with Gasteiger partial charge in [0.1, 0.15) is 10.8 Å². The van der Waals surface area contributed by atoms with E-state index in [1.807, 2.05) is 0 Å². The molecular weight excluding hydrogens is 619 g/mol. The largest absolute Gasteiger partial charge is 0.573 e. The van der Waals surface area contributed by atoms with Crippen molar-refractivity contribution in [1.29, 1.82) is 0 Å². The second-order valence-corrected chi connectivity index (χ2v) is 9.86. The van der Waals surface area contributed by atoms with Crippen LogP contribution in [0.25, 0.3) is 21.3 Å². The second kappa shape index (κ2) is 12.5. The molecular formula is C26H19ClF3N5O7S. The number of nitro groups is 1. The van der Waals surface area contributed by atoms with Gasteiger partial charge in [-0.25, -0.2) is 19.6 Å². The number of nitrogens with zero attached hydrogens (tertiary/aromatic N) is 4. The average Bonchev–Trinajstić information content (AvgIpc) is 3.50. The van der Waals surface area contributed by atoms with Gasteiger partial charge in [-0.05, 0) is 42.5 Å². The fraction of sp³-hybridized carbons (Fsp3) is 0.154. The molecule has 0 spiro atoms. The van der Waals surface area contributed by atoms with Crippen LogP contribution >= 0.6 is 22.9 Å². The Morgan fingerprint density at radius 3 is 2.26 bits per heavy atom. The fourth-order valence-corrected chi connectivity index (χ4v) is 4.73. The summed E-state index contributed by atoms with van der Waals surface area (Å²) in [6, 6.07) is 12.7. The van der Waals surface area contributed by atoms with Crippen molar-refractivity contribution < 1.29 is 41.9 Å². The van der Waals surface area contributed by atoms with Gasteiger partial charge in [0.2, 0.25) is 5.95 Å². The first kappa shape index (κ1) is 31.0. The van der Waals surface area contributed by atoms with Gasteiger partial charge in [0.05, 0.1) is 51.5 Å². The van der Waals surface area contributed by atoms with Crippen LogP contribution in [0.5, 0.6) is 5.75 Å². The molecule has 0 saturated carbocycles. The first-order valence-corrected chi connectivity index (χ1v) is 13.0. The number of halogens is 4. The summed E-state index contributed by atoms with van der Waals surface area (Å²) < 4.78 is 52.7. The molecule has 0 aliphatic carbocycles. The van der Waals surface area contributed by atoms with Crippen molar-refractivity contribution in [3.05, 3.63) is 80.9 Å². The number of anilines is 2. The molecule has 0 aliphatic rings. The minimum atomic E-state index is -4.76. The molecule has 2 aromatic heterocycles. The maximum Gasteiger partial charge on any atom is 0.573 e. The van der Waals surface area contributed by atoms with Gasteiger partial charge in [-0.15, -0.1) is 13.2 Å². The number of hydrogen-bond donors (Lipinski definition) is 1. The molecule has 43 heavy (non-hydrogen) atoms. The number of hydrogen-bond acceptors (Lipinski definition) is 11. The molecule has 0 aliphatic heterocycles. The third kappa shape index (κ3) is 7.28. The number of nitro benzene ring substituents is 1. The summed E-state index contributed by atoms with van der Waals surface area (Å²) in [7, 11) is 4.29. The van der Waals surface area contributed by atoms with Gasteiger partial charge in [0, 0.05) is 19.2 Å². The number of alkyl halides is 3. The Morgan fingerprint density at radius 1 is 0.977 bits per heavy atom. The van der Waals surface area contributed by atoms with Crippen molar-refractivity contribution >= 4 is 72.9 Å². The molecule has 0 fully saturated rings. The number of thiazole rings is 1. The Balaban J connectivity index is 0.000000255. The van der Waals surface area contributed by atoms with E-state index < -0.39 is 23.2 Å². The van der Waals surface area contributed by atoms with Gasteiger partial charge in [0.15, 0.2) is 5.13 Å². The normalized spacial score (nSPS) is 11.0. The molecule has 0 radical (unpaired) electrons. The van der Waals surface area contributed by atoms with Crippen LogP contribution in [-0.2, 0) is 16.5 Å². The lowest BCUT2D eigenvalue weighted by Gasteiger charge is -2.07. The number of carbonyl (C=O) groups is 2. The topological polar surface area (TPSA) is 148 Å². The highest BCUT2D eigenvalue weighted by atomic mass is 35.5. The van der Waals surface area contributed by atoms with E-state index in [1.165, 1.54) is 55.9 Å². The quantitative estimate of drug-likeness (QED) is 0.122. The summed E-state index contributed by atoms with van der Waals surface area (Å²) in [5.41, 5.74) is 1.90. The van der Waals surface area contributed by atoms with Gasteiger partial charge < -0.3 is 24.1 Å². The van der Waals surface area contributed by atoms with Gasteiger partial charge in [-0.3, -0.25) is 10.1 Å². The zero-order valence-corrected chi connectivity index (χ0v) is 23.8. The number of aromatic nitrogens is 3. The van der Waals surface area contributed by atoms with Crippen LogP contribution in [0.3, 0.4) is 0 Å². The average molecular weight is 638 g/mol. The summed E-state index contributed by atoms with van der Waals surface area (Å²) in [4.78, 5) is 41.3. The molecule has 224 valence electrons. The van der Waals surface area contributed by atoms with Crippen molar-refractivity contribution in [2.45, 2.75) is 6.36 Å². The molecule has 2 heterocycles. The van der Waals surface area contributed by atoms with E-state index in [2.05, 4.69) is 24.8 Å². The molecule has 0 amide bonds. The first-order chi connectivity index (χ1) is 20.3. The smallest absolute Gasteiger partial charge is 0.465 e.